The topological polar surface area (TPSA) is 0 Å². The Morgan fingerprint density at radius 3 is 2.75 bits per heavy atom. The Morgan fingerprint density at radius 2 is 2.17 bits per heavy atom. The van der Waals surface area contributed by atoms with Gasteiger partial charge in [-0.2, -0.15) is 0 Å². The summed E-state index contributed by atoms with van der Waals surface area (Å²) in [6.07, 6.45) is 11.2. The van der Waals surface area contributed by atoms with Crippen LogP contribution in [0.1, 0.15) is 26.7 Å². The number of rotatable bonds is 3. The van der Waals surface area contributed by atoms with Gasteiger partial charge in [0.1, 0.15) is 0 Å². The molecule has 0 saturated heterocycles. The first-order valence-electron chi connectivity index (χ1n) is 4.74. The van der Waals surface area contributed by atoms with Crippen LogP contribution in [-0.4, -0.2) is 0 Å². The minimum absolute atomic E-state index is 0.704. The summed E-state index contributed by atoms with van der Waals surface area (Å²) in [5.41, 5.74) is 1.47. The molecule has 66 valence electrons. The van der Waals surface area contributed by atoms with Crippen LogP contribution in [0, 0.1) is 11.8 Å². The number of hydrogen-bond donors (Lipinski definition) is 0. The fourth-order valence-corrected chi connectivity index (χ4v) is 1.43. The van der Waals surface area contributed by atoms with E-state index < -0.39 is 0 Å². The van der Waals surface area contributed by atoms with Crippen molar-refractivity contribution in [3.05, 3.63) is 36.5 Å². The zero-order valence-corrected chi connectivity index (χ0v) is 8.09. The van der Waals surface area contributed by atoms with E-state index in [4.69, 9.17) is 0 Å². The Morgan fingerprint density at radius 1 is 1.42 bits per heavy atom. The standard InChI is InChI=1S/C12H18/c1-4-5-6-12-8-7-10(2)11(3)9-12/h4,7-11H,1,5-6H2,2-3H3. The largest absolute Gasteiger partial charge is 0.103 e. The molecular formula is C12H18. The first-order chi connectivity index (χ1) is 5.74. The van der Waals surface area contributed by atoms with Gasteiger partial charge in [0.05, 0.1) is 0 Å². The molecule has 0 aromatic heterocycles. The molecule has 0 fully saturated rings. The molecule has 0 radical (unpaired) electrons. The van der Waals surface area contributed by atoms with Crippen molar-refractivity contribution in [2.45, 2.75) is 26.7 Å². The van der Waals surface area contributed by atoms with Crippen molar-refractivity contribution in [2.75, 3.05) is 0 Å². The average molecular weight is 162 g/mol. The molecule has 0 heteroatoms. The maximum absolute atomic E-state index is 3.73. The second-order valence-corrected chi connectivity index (χ2v) is 3.65. The summed E-state index contributed by atoms with van der Waals surface area (Å²) in [6.45, 7) is 8.27. The van der Waals surface area contributed by atoms with Crippen molar-refractivity contribution < 1.29 is 0 Å². The van der Waals surface area contributed by atoms with E-state index in [0.717, 1.165) is 12.8 Å². The molecule has 0 saturated carbocycles. The van der Waals surface area contributed by atoms with Crippen LogP contribution < -0.4 is 0 Å². The van der Waals surface area contributed by atoms with Crippen molar-refractivity contribution >= 4 is 0 Å². The Kier molecular flexibility index (Phi) is 3.33. The van der Waals surface area contributed by atoms with Crippen LogP contribution in [0.4, 0.5) is 0 Å². The normalized spacial score (nSPS) is 28.3. The van der Waals surface area contributed by atoms with Crippen LogP contribution in [-0.2, 0) is 0 Å². The van der Waals surface area contributed by atoms with Crippen molar-refractivity contribution in [1.82, 2.24) is 0 Å². The van der Waals surface area contributed by atoms with Crippen LogP contribution in [0.2, 0.25) is 0 Å². The van der Waals surface area contributed by atoms with E-state index in [9.17, 15) is 0 Å². The molecule has 12 heavy (non-hydrogen) atoms. The first kappa shape index (κ1) is 9.31. The van der Waals surface area contributed by atoms with Crippen LogP contribution in [0.5, 0.6) is 0 Å². The maximum Gasteiger partial charge on any atom is -0.0196 e. The van der Waals surface area contributed by atoms with Gasteiger partial charge in [-0.05, 0) is 24.7 Å². The zero-order chi connectivity index (χ0) is 8.97. The van der Waals surface area contributed by atoms with E-state index in [1.807, 2.05) is 6.08 Å². The lowest BCUT2D eigenvalue weighted by Crippen LogP contribution is -2.06. The van der Waals surface area contributed by atoms with E-state index >= 15 is 0 Å². The van der Waals surface area contributed by atoms with E-state index in [0.29, 0.717) is 11.8 Å². The molecule has 0 spiro atoms. The van der Waals surface area contributed by atoms with Gasteiger partial charge < -0.3 is 0 Å². The number of hydrogen-bond acceptors (Lipinski definition) is 0. The molecule has 2 unspecified atom stereocenters. The van der Waals surface area contributed by atoms with Gasteiger partial charge in [-0.15, -0.1) is 6.58 Å². The monoisotopic (exact) mass is 162 g/mol. The molecule has 1 aliphatic rings. The van der Waals surface area contributed by atoms with Crippen molar-refractivity contribution in [2.24, 2.45) is 11.8 Å². The second kappa shape index (κ2) is 4.30. The lowest BCUT2D eigenvalue weighted by atomic mass is 9.87. The highest BCUT2D eigenvalue weighted by Gasteiger charge is 2.10. The summed E-state index contributed by atoms with van der Waals surface area (Å²) >= 11 is 0. The fraction of sp³-hybridized carbons (Fsp3) is 0.500. The SMILES string of the molecule is C=CCCC1=CC(C)C(C)C=C1. The van der Waals surface area contributed by atoms with Crippen LogP contribution in [0.3, 0.4) is 0 Å². The Labute approximate surface area is 75.7 Å². The highest BCUT2D eigenvalue weighted by molar-refractivity contribution is 5.25. The van der Waals surface area contributed by atoms with Gasteiger partial charge in [0.25, 0.3) is 0 Å². The molecule has 0 amide bonds. The lowest BCUT2D eigenvalue weighted by molar-refractivity contribution is 0.546. The molecule has 0 aliphatic heterocycles. The van der Waals surface area contributed by atoms with Gasteiger partial charge in [0, 0.05) is 0 Å². The molecule has 1 aliphatic carbocycles. The summed E-state index contributed by atoms with van der Waals surface area (Å²) in [5, 5.41) is 0. The molecule has 0 aromatic rings. The minimum Gasteiger partial charge on any atom is -0.103 e. The maximum atomic E-state index is 3.73. The average Bonchev–Trinajstić information content (AvgIpc) is 2.07. The lowest BCUT2D eigenvalue weighted by Gasteiger charge is -2.18. The summed E-state index contributed by atoms with van der Waals surface area (Å²) in [5.74, 6) is 1.41. The molecule has 0 aromatic carbocycles. The molecule has 0 N–H and O–H groups in total. The first-order valence-corrected chi connectivity index (χ1v) is 4.74. The van der Waals surface area contributed by atoms with Crippen molar-refractivity contribution in [3.8, 4) is 0 Å². The predicted molar refractivity (Wildman–Crippen MR) is 55.0 cm³/mol. The fourth-order valence-electron chi connectivity index (χ4n) is 1.43. The molecule has 0 nitrogen and oxygen atoms in total. The quantitative estimate of drug-likeness (QED) is 0.555. The highest BCUT2D eigenvalue weighted by Crippen LogP contribution is 2.24. The third kappa shape index (κ3) is 2.37. The van der Waals surface area contributed by atoms with Crippen LogP contribution >= 0.6 is 0 Å². The van der Waals surface area contributed by atoms with Gasteiger partial charge in [-0.25, -0.2) is 0 Å². The molecular weight excluding hydrogens is 144 g/mol. The van der Waals surface area contributed by atoms with Gasteiger partial charge in [0.15, 0.2) is 0 Å². The molecule has 0 heterocycles. The van der Waals surface area contributed by atoms with Crippen LogP contribution in [0.25, 0.3) is 0 Å². The summed E-state index contributed by atoms with van der Waals surface area (Å²) in [7, 11) is 0. The highest BCUT2D eigenvalue weighted by atomic mass is 14.2. The minimum atomic E-state index is 0.704. The van der Waals surface area contributed by atoms with E-state index in [2.05, 4.69) is 38.7 Å². The predicted octanol–water partition coefficient (Wildman–Crippen LogP) is 3.72. The number of allylic oxidation sites excluding steroid dienone is 5. The van der Waals surface area contributed by atoms with Gasteiger partial charge in [-0.1, -0.05) is 43.7 Å². The van der Waals surface area contributed by atoms with Gasteiger partial charge in [0.2, 0.25) is 0 Å². The van der Waals surface area contributed by atoms with E-state index in [1.54, 1.807) is 0 Å². The van der Waals surface area contributed by atoms with E-state index in [-0.39, 0.29) is 0 Å². The van der Waals surface area contributed by atoms with Crippen molar-refractivity contribution in [3.63, 3.8) is 0 Å². The van der Waals surface area contributed by atoms with Crippen molar-refractivity contribution in [1.29, 1.82) is 0 Å². The Hall–Kier alpha value is -0.780. The van der Waals surface area contributed by atoms with Crippen LogP contribution in [0.15, 0.2) is 36.5 Å². The zero-order valence-electron chi connectivity index (χ0n) is 8.09. The summed E-state index contributed by atoms with van der Waals surface area (Å²) in [4.78, 5) is 0. The molecule has 0 bridgehead atoms. The third-order valence-corrected chi connectivity index (χ3v) is 2.56. The Bertz CT molecular complexity index is 208. The van der Waals surface area contributed by atoms with Gasteiger partial charge in [-0.3, -0.25) is 0 Å². The Balaban J connectivity index is 2.51. The smallest absolute Gasteiger partial charge is 0.0196 e. The molecule has 1 rings (SSSR count). The summed E-state index contributed by atoms with van der Waals surface area (Å²) < 4.78 is 0. The third-order valence-electron chi connectivity index (χ3n) is 2.56. The van der Waals surface area contributed by atoms with Gasteiger partial charge >= 0.3 is 0 Å². The summed E-state index contributed by atoms with van der Waals surface area (Å²) in [6, 6.07) is 0. The second-order valence-electron chi connectivity index (χ2n) is 3.65. The van der Waals surface area contributed by atoms with E-state index in [1.165, 1.54) is 5.57 Å². The molecule has 2 atom stereocenters.